The first-order valence-corrected chi connectivity index (χ1v) is 11.1. The van der Waals surface area contributed by atoms with Crippen LogP contribution in [0.15, 0.2) is 59.1 Å². The fourth-order valence-corrected chi connectivity index (χ4v) is 4.15. The van der Waals surface area contributed by atoms with Gasteiger partial charge >= 0.3 is 0 Å². The second kappa shape index (κ2) is 9.77. The Morgan fingerprint density at radius 1 is 1.09 bits per heavy atom. The lowest BCUT2D eigenvalue weighted by molar-refractivity contribution is -0.134. The van der Waals surface area contributed by atoms with Gasteiger partial charge in [-0.1, -0.05) is 42.4 Å². The zero-order valence-corrected chi connectivity index (χ0v) is 18.5. The summed E-state index contributed by atoms with van der Waals surface area (Å²) < 4.78 is 5.16. The van der Waals surface area contributed by atoms with Crippen LogP contribution >= 0.6 is 0 Å². The van der Waals surface area contributed by atoms with Gasteiger partial charge in [-0.25, -0.2) is 0 Å². The van der Waals surface area contributed by atoms with Crippen molar-refractivity contribution in [3.05, 3.63) is 71.5 Å². The Kier molecular flexibility index (Phi) is 6.63. The fourth-order valence-electron chi connectivity index (χ4n) is 4.15. The standard InChI is InChI=1S/C25H28N4O3/c1-3-22(18-7-5-4-6-8-18)25(31)29-15-13-21(14-16-29)27-23(30)19-9-11-20(12-10-19)24-26-17(2)28-32-24/h4-12,21-22H,3,13-16H2,1-2H3,(H,27,30). The highest BCUT2D eigenvalue weighted by Crippen LogP contribution is 2.24. The molecule has 166 valence electrons. The van der Waals surface area contributed by atoms with Gasteiger partial charge in [0, 0.05) is 30.3 Å². The molecule has 4 rings (SSSR count). The summed E-state index contributed by atoms with van der Waals surface area (Å²) in [6, 6.07) is 17.1. The zero-order chi connectivity index (χ0) is 22.5. The summed E-state index contributed by atoms with van der Waals surface area (Å²) in [7, 11) is 0. The zero-order valence-electron chi connectivity index (χ0n) is 18.5. The van der Waals surface area contributed by atoms with Gasteiger partial charge in [-0.15, -0.1) is 0 Å². The highest BCUT2D eigenvalue weighted by Gasteiger charge is 2.29. The minimum absolute atomic E-state index is 0.0571. The third-order valence-electron chi connectivity index (χ3n) is 5.97. The molecule has 1 aliphatic rings. The van der Waals surface area contributed by atoms with E-state index in [-0.39, 0.29) is 23.8 Å². The van der Waals surface area contributed by atoms with Crippen molar-refractivity contribution in [1.29, 1.82) is 0 Å². The molecule has 32 heavy (non-hydrogen) atoms. The predicted molar refractivity (Wildman–Crippen MR) is 121 cm³/mol. The molecular formula is C25H28N4O3. The molecule has 2 aromatic carbocycles. The lowest BCUT2D eigenvalue weighted by Crippen LogP contribution is -2.47. The van der Waals surface area contributed by atoms with Crippen molar-refractivity contribution < 1.29 is 14.1 Å². The molecule has 3 aromatic rings. The summed E-state index contributed by atoms with van der Waals surface area (Å²) >= 11 is 0. The van der Waals surface area contributed by atoms with Crippen LogP contribution in [0.1, 0.15) is 53.8 Å². The molecule has 1 fully saturated rings. The van der Waals surface area contributed by atoms with Crippen LogP contribution in [-0.2, 0) is 4.79 Å². The van der Waals surface area contributed by atoms with E-state index in [1.807, 2.05) is 42.2 Å². The van der Waals surface area contributed by atoms with E-state index in [1.54, 1.807) is 31.2 Å². The maximum absolute atomic E-state index is 13.1. The molecule has 7 heteroatoms. The van der Waals surface area contributed by atoms with Crippen LogP contribution in [-0.4, -0.2) is 46.0 Å². The van der Waals surface area contributed by atoms with Gasteiger partial charge in [0.2, 0.25) is 5.91 Å². The number of aromatic nitrogens is 2. The maximum Gasteiger partial charge on any atom is 0.257 e. The summed E-state index contributed by atoms with van der Waals surface area (Å²) in [5.74, 6) is 0.964. The number of nitrogens with zero attached hydrogens (tertiary/aromatic N) is 3. The van der Waals surface area contributed by atoms with Crippen LogP contribution in [0.2, 0.25) is 0 Å². The summed E-state index contributed by atoms with van der Waals surface area (Å²) in [6.07, 6.45) is 2.28. The molecule has 1 aliphatic heterocycles. The molecular weight excluding hydrogens is 404 g/mol. The van der Waals surface area contributed by atoms with E-state index in [9.17, 15) is 9.59 Å². The van der Waals surface area contributed by atoms with Crippen molar-refractivity contribution in [3.63, 3.8) is 0 Å². The Morgan fingerprint density at radius 3 is 2.38 bits per heavy atom. The first-order valence-electron chi connectivity index (χ1n) is 11.1. The largest absolute Gasteiger partial charge is 0.349 e. The van der Waals surface area contributed by atoms with E-state index in [4.69, 9.17) is 4.52 Å². The molecule has 1 atom stereocenters. The number of nitrogens with one attached hydrogen (secondary N) is 1. The topological polar surface area (TPSA) is 88.3 Å². The van der Waals surface area contributed by atoms with Gasteiger partial charge in [-0.3, -0.25) is 9.59 Å². The Bertz CT molecular complexity index is 1050. The van der Waals surface area contributed by atoms with Crippen LogP contribution in [0, 0.1) is 6.92 Å². The van der Waals surface area contributed by atoms with E-state index in [0.29, 0.717) is 30.4 Å². The van der Waals surface area contributed by atoms with Crippen LogP contribution in [0.4, 0.5) is 0 Å². The predicted octanol–water partition coefficient (Wildman–Crippen LogP) is 3.96. The average molecular weight is 433 g/mol. The minimum atomic E-state index is -0.112. The van der Waals surface area contributed by atoms with E-state index >= 15 is 0 Å². The molecule has 2 amide bonds. The van der Waals surface area contributed by atoms with E-state index in [0.717, 1.165) is 30.4 Å². The van der Waals surface area contributed by atoms with E-state index in [2.05, 4.69) is 15.5 Å². The summed E-state index contributed by atoms with van der Waals surface area (Å²) in [4.78, 5) is 31.9. The molecule has 1 saturated heterocycles. The number of likely N-dealkylation sites (tertiary alicyclic amines) is 1. The molecule has 0 aliphatic carbocycles. The monoisotopic (exact) mass is 432 g/mol. The number of hydrogen-bond donors (Lipinski definition) is 1. The van der Waals surface area contributed by atoms with E-state index in [1.165, 1.54) is 0 Å². The lowest BCUT2D eigenvalue weighted by atomic mass is 9.93. The number of rotatable bonds is 6. The molecule has 0 bridgehead atoms. The first kappa shape index (κ1) is 21.7. The number of hydrogen-bond acceptors (Lipinski definition) is 5. The molecule has 0 radical (unpaired) electrons. The Labute approximate surface area is 187 Å². The van der Waals surface area contributed by atoms with Crippen LogP contribution < -0.4 is 5.32 Å². The molecule has 1 aromatic heterocycles. The summed E-state index contributed by atoms with van der Waals surface area (Å²) in [5.41, 5.74) is 2.42. The number of carbonyl (C=O) groups is 2. The quantitative estimate of drug-likeness (QED) is 0.637. The summed E-state index contributed by atoms with van der Waals surface area (Å²) in [6.45, 7) is 5.12. The highest BCUT2D eigenvalue weighted by molar-refractivity contribution is 5.94. The average Bonchev–Trinajstić information content (AvgIpc) is 3.27. The van der Waals surface area contributed by atoms with Gasteiger partial charge in [0.15, 0.2) is 5.82 Å². The highest BCUT2D eigenvalue weighted by atomic mass is 16.5. The van der Waals surface area contributed by atoms with Crippen molar-refractivity contribution in [2.45, 2.75) is 45.1 Å². The van der Waals surface area contributed by atoms with Crippen molar-refractivity contribution in [3.8, 4) is 11.5 Å². The molecule has 1 N–H and O–H groups in total. The maximum atomic E-state index is 13.1. The second-order valence-corrected chi connectivity index (χ2v) is 8.17. The Hall–Kier alpha value is -3.48. The van der Waals surface area contributed by atoms with Crippen molar-refractivity contribution in [1.82, 2.24) is 20.4 Å². The first-order chi connectivity index (χ1) is 15.5. The SMILES string of the molecule is CCC(C(=O)N1CCC(NC(=O)c2ccc(-c3nc(C)no3)cc2)CC1)c1ccccc1. The van der Waals surface area contributed by atoms with Crippen molar-refractivity contribution in [2.24, 2.45) is 0 Å². The number of amides is 2. The molecule has 0 spiro atoms. The van der Waals surface area contributed by atoms with Gasteiger partial charge < -0.3 is 14.7 Å². The van der Waals surface area contributed by atoms with Gasteiger partial charge in [0.05, 0.1) is 5.92 Å². The Balaban J connectivity index is 1.31. The number of aryl methyl sites for hydroxylation is 1. The fraction of sp³-hybridized carbons (Fsp3) is 0.360. The Morgan fingerprint density at radius 2 is 1.78 bits per heavy atom. The third-order valence-corrected chi connectivity index (χ3v) is 5.97. The normalized spacial score (nSPS) is 15.4. The molecule has 0 saturated carbocycles. The van der Waals surface area contributed by atoms with Crippen molar-refractivity contribution in [2.75, 3.05) is 13.1 Å². The van der Waals surface area contributed by atoms with Crippen LogP contribution in [0.3, 0.4) is 0 Å². The van der Waals surface area contributed by atoms with Gasteiger partial charge in [-0.2, -0.15) is 4.98 Å². The number of carbonyl (C=O) groups excluding carboxylic acids is 2. The lowest BCUT2D eigenvalue weighted by Gasteiger charge is -2.34. The molecule has 1 unspecified atom stereocenters. The van der Waals surface area contributed by atoms with Crippen molar-refractivity contribution >= 4 is 11.8 Å². The van der Waals surface area contributed by atoms with E-state index < -0.39 is 0 Å². The molecule has 7 nitrogen and oxygen atoms in total. The summed E-state index contributed by atoms with van der Waals surface area (Å²) in [5, 5.41) is 6.89. The number of piperidine rings is 1. The minimum Gasteiger partial charge on any atom is -0.349 e. The van der Waals surface area contributed by atoms with Gasteiger partial charge in [0.25, 0.3) is 11.8 Å². The smallest absolute Gasteiger partial charge is 0.257 e. The van der Waals surface area contributed by atoms with Crippen LogP contribution in [0.5, 0.6) is 0 Å². The number of benzene rings is 2. The second-order valence-electron chi connectivity index (χ2n) is 8.17. The van der Waals surface area contributed by atoms with Crippen LogP contribution in [0.25, 0.3) is 11.5 Å². The molecule has 2 heterocycles. The van der Waals surface area contributed by atoms with Gasteiger partial charge in [-0.05, 0) is 56.0 Å². The third kappa shape index (κ3) is 4.88. The van der Waals surface area contributed by atoms with Gasteiger partial charge in [0.1, 0.15) is 0 Å².